The van der Waals surface area contributed by atoms with E-state index in [0.717, 1.165) is 25.7 Å². The zero-order valence-electron chi connectivity index (χ0n) is 32.5. The highest BCUT2D eigenvalue weighted by Gasteiger charge is 2.25. The Morgan fingerprint density at radius 3 is 0.745 bits per heavy atom. The molecule has 0 heterocycles. The average molecular weight is 667 g/mol. The van der Waals surface area contributed by atoms with Gasteiger partial charge in [-0.15, -0.1) is 0 Å². The Kier molecular flexibility index (Phi) is 35.3. The number of carbonyl (C=O) groups excluding carboxylic acids is 2. The van der Waals surface area contributed by atoms with Crippen molar-refractivity contribution in [2.24, 2.45) is 0 Å². The molecule has 0 saturated carbocycles. The van der Waals surface area contributed by atoms with Gasteiger partial charge in [0.1, 0.15) is 0 Å². The van der Waals surface area contributed by atoms with Crippen LogP contribution in [0.1, 0.15) is 219 Å². The van der Waals surface area contributed by atoms with Crippen LogP contribution in [0.3, 0.4) is 0 Å². The van der Waals surface area contributed by atoms with Crippen molar-refractivity contribution in [3.8, 4) is 0 Å². The maximum Gasteiger partial charge on any atom is 0.361 e. The summed E-state index contributed by atoms with van der Waals surface area (Å²) in [7, 11) is 3.79. The molecular weight excluding hydrogens is 582 g/mol. The van der Waals surface area contributed by atoms with Crippen LogP contribution in [0.25, 0.3) is 0 Å². The van der Waals surface area contributed by atoms with Gasteiger partial charge in [0, 0.05) is 0 Å². The highest BCUT2D eigenvalue weighted by Crippen LogP contribution is 2.15. The smallest absolute Gasteiger partial charge is 0.361 e. The van der Waals surface area contributed by atoms with Crippen molar-refractivity contribution in [1.82, 2.24) is 0 Å². The zero-order chi connectivity index (χ0) is 34.5. The first-order valence-electron chi connectivity index (χ1n) is 21.0. The Labute approximate surface area is 294 Å². The van der Waals surface area contributed by atoms with Crippen molar-refractivity contribution in [2.45, 2.75) is 219 Å². The van der Waals surface area contributed by atoms with E-state index in [1.807, 2.05) is 14.1 Å². The van der Waals surface area contributed by atoms with Gasteiger partial charge in [-0.3, -0.25) is 0 Å². The summed E-state index contributed by atoms with van der Waals surface area (Å²) in [6, 6.07) is 0. The second kappa shape index (κ2) is 36.2. The van der Waals surface area contributed by atoms with Gasteiger partial charge in [0.2, 0.25) is 0 Å². The summed E-state index contributed by atoms with van der Waals surface area (Å²) in [5.41, 5.74) is 0. The summed E-state index contributed by atoms with van der Waals surface area (Å²) < 4.78 is 11.2. The molecule has 5 nitrogen and oxygen atoms in total. The molecule has 0 aromatic heterocycles. The molecule has 0 fully saturated rings. The molecule has 47 heavy (non-hydrogen) atoms. The molecule has 5 heteroatoms. The van der Waals surface area contributed by atoms with Gasteiger partial charge in [-0.05, 0) is 12.8 Å². The van der Waals surface area contributed by atoms with E-state index >= 15 is 0 Å². The lowest BCUT2D eigenvalue weighted by Gasteiger charge is -2.27. The molecule has 0 rings (SSSR count). The maximum atomic E-state index is 12.3. The fourth-order valence-corrected chi connectivity index (χ4v) is 6.52. The molecule has 0 aliphatic carbocycles. The van der Waals surface area contributed by atoms with Crippen molar-refractivity contribution in [2.75, 3.05) is 40.4 Å². The Morgan fingerprint density at radius 1 is 0.340 bits per heavy atom. The van der Waals surface area contributed by atoms with Crippen LogP contribution < -0.4 is 0 Å². The van der Waals surface area contributed by atoms with Gasteiger partial charge in [-0.25, -0.2) is 9.59 Å². The van der Waals surface area contributed by atoms with Gasteiger partial charge < -0.3 is 14.0 Å². The standard InChI is InChI=1S/C42H84NO4/c1-5-7-9-11-13-15-17-19-21-23-25-27-29-31-33-35-37-46-41(44)39-43(3,4)40-42(45)47-38-36-34-32-30-28-26-24-22-20-18-16-14-12-10-8-6-2/h5-40H2,1-4H3/q+1. The molecule has 0 unspecified atom stereocenters. The topological polar surface area (TPSA) is 52.6 Å². The van der Waals surface area contributed by atoms with E-state index < -0.39 is 0 Å². The monoisotopic (exact) mass is 667 g/mol. The molecule has 0 radical (unpaired) electrons. The molecule has 280 valence electrons. The highest BCUT2D eigenvalue weighted by atomic mass is 16.5. The predicted molar refractivity (Wildman–Crippen MR) is 203 cm³/mol. The van der Waals surface area contributed by atoms with E-state index in [0.29, 0.717) is 13.2 Å². The third kappa shape index (κ3) is 37.6. The molecule has 0 aliphatic heterocycles. The van der Waals surface area contributed by atoms with Crippen LogP contribution in [0.15, 0.2) is 0 Å². The molecular formula is C42H84NO4+. The summed E-state index contributed by atoms with van der Waals surface area (Å²) >= 11 is 0. The first-order valence-corrected chi connectivity index (χ1v) is 21.0. The SMILES string of the molecule is CCCCCCCCCCCCCCCCCCOC(=O)C[N+](C)(C)CC(=O)OCCCCCCCCCCCCCCCCCC. The number of quaternary nitrogens is 1. The van der Waals surface area contributed by atoms with Crippen LogP contribution in [-0.4, -0.2) is 56.8 Å². The van der Waals surface area contributed by atoms with E-state index in [2.05, 4.69) is 13.8 Å². The van der Waals surface area contributed by atoms with Crippen LogP contribution in [0, 0.1) is 0 Å². The second-order valence-corrected chi connectivity index (χ2v) is 15.3. The number of unbranched alkanes of at least 4 members (excludes halogenated alkanes) is 30. The number of hydrogen-bond donors (Lipinski definition) is 0. The van der Waals surface area contributed by atoms with Gasteiger partial charge >= 0.3 is 11.9 Å². The van der Waals surface area contributed by atoms with Gasteiger partial charge in [-0.2, -0.15) is 0 Å². The molecule has 0 N–H and O–H groups in total. The average Bonchev–Trinajstić information content (AvgIpc) is 3.03. The third-order valence-corrected chi connectivity index (χ3v) is 9.64. The molecule has 0 aliphatic rings. The lowest BCUT2D eigenvalue weighted by Crippen LogP contribution is -2.48. The van der Waals surface area contributed by atoms with Crippen molar-refractivity contribution >= 4 is 11.9 Å². The Morgan fingerprint density at radius 2 is 0.532 bits per heavy atom. The Balaban J connectivity index is 3.49. The first-order chi connectivity index (χ1) is 22.9. The van der Waals surface area contributed by atoms with Crippen LogP contribution in [-0.2, 0) is 19.1 Å². The minimum Gasteiger partial charge on any atom is -0.462 e. The van der Waals surface area contributed by atoms with Crippen LogP contribution in [0.4, 0.5) is 0 Å². The lowest BCUT2D eigenvalue weighted by molar-refractivity contribution is -0.875. The number of likely N-dealkylation sites (N-methyl/N-ethyl adjacent to an activating group) is 1. The van der Waals surface area contributed by atoms with Gasteiger partial charge in [0.25, 0.3) is 0 Å². The van der Waals surface area contributed by atoms with Gasteiger partial charge in [0.05, 0.1) is 27.3 Å². The molecule has 0 amide bonds. The summed E-state index contributed by atoms with van der Waals surface area (Å²) in [4.78, 5) is 24.7. The Hall–Kier alpha value is -1.10. The number of hydrogen-bond acceptors (Lipinski definition) is 4. The van der Waals surface area contributed by atoms with E-state index in [1.165, 1.54) is 180 Å². The molecule has 0 aromatic carbocycles. The minimum absolute atomic E-state index is 0.201. The highest BCUT2D eigenvalue weighted by molar-refractivity contribution is 5.73. The fourth-order valence-electron chi connectivity index (χ4n) is 6.52. The molecule has 0 saturated heterocycles. The largest absolute Gasteiger partial charge is 0.462 e. The molecule has 0 atom stereocenters. The lowest BCUT2D eigenvalue weighted by atomic mass is 10.0. The van der Waals surface area contributed by atoms with E-state index in [1.54, 1.807) is 0 Å². The zero-order valence-corrected chi connectivity index (χ0v) is 32.5. The number of rotatable bonds is 38. The number of ether oxygens (including phenoxy) is 2. The van der Waals surface area contributed by atoms with Crippen LogP contribution >= 0.6 is 0 Å². The van der Waals surface area contributed by atoms with Crippen LogP contribution in [0.5, 0.6) is 0 Å². The predicted octanol–water partition coefficient (Wildman–Crippen LogP) is 12.7. The van der Waals surface area contributed by atoms with Crippen molar-refractivity contribution in [1.29, 1.82) is 0 Å². The number of carbonyl (C=O) groups is 2. The quantitative estimate of drug-likeness (QED) is 0.0374. The van der Waals surface area contributed by atoms with Crippen molar-refractivity contribution in [3.05, 3.63) is 0 Å². The van der Waals surface area contributed by atoms with E-state index in [-0.39, 0.29) is 29.5 Å². The second-order valence-electron chi connectivity index (χ2n) is 15.3. The summed E-state index contributed by atoms with van der Waals surface area (Å²) in [5, 5.41) is 0. The summed E-state index contributed by atoms with van der Waals surface area (Å²) in [6.07, 6.45) is 42.7. The molecule has 0 aromatic rings. The minimum atomic E-state index is -0.221. The normalized spacial score (nSPS) is 11.7. The third-order valence-electron chi connectivity index (χ3n) is 9.64. The fraction of sp³-hybridized carbons (Fsp3) is 0.952. The summed E-state index contributed by atoms with van der Waals surface area (Å²) in [5.74, 6) is -0.442. The van der Waals surface area contributed by atoms with Gasteiger partial charge in [-0.1, -0.05) is 206 Å². The van der Waals surface area contributed by atoms with Crippen molar-refractivity contribution < 1.29 is 23.5 Å². The van der Waals surface area contributed by atoms with Crippen molar-refractivity contribution in [3.63, 3.8) is 0 Å². The van der Waals surface area contributed by atoms with Gasteiger partial charge in [0.15, 0.2) is 13.1 Å². The first kappa shape index (κ1) is 45.9. The number of nitrogens with zero attached hydrogens (tertiary/aromatic N) is 1. The summed E-state index contributed by atoms with van der Waals surface area (Å²) in [6.45, 7) is 5.94. The number of esters is 2. The maximum absolute atomic E-state index is 12.3. The molecule has 0 bridgehead atoms. The van der Waals surface area contributed by atoms with E-state index in [4.69, 9.17) is 9.47 Å². The Bertz CT molecular complexity index is 611. The van der Waals surface area contributed by atoms with Crippen LogP contribution in [0.2, 0.25) is 0 Å². The molecule has 0 spiro atoms. The van der Waals surface area contributed by atoms with E-state index in [9.17, 15) is 9.59 Å².